The van der Waals surface area contributed by atoms with Crippen LogP contribution in [0.3, 0.4) is 0 Å². The van der Waals surface area contributed by atoms with Crippen molar-refractivity contribution in [1.29, 1.82) is 0 Å². The van der Waals surface area contributed by atoms with Crippen molar-refractivity contribution in [2.24, 2.45) is 5.10 Å². The Labute approximate surface area is 192 Å². The molecule has 0 heterocycles. The molecule has 2 amide bonds. The molecular weight excluding hydrogens is 428 g/mol. The molecule has 1 unspecified atom stereocenters. The Morgan fingerprint density at radius 1 is 1.12 bits per heavy atom. The monoisotopic (exact) mass is 456 g/mol. The molecule has 170 valence electrons. The van der Waals surface area contributed by atoms with Crippen molar-refractivity contribution < 1.29 is 14.5 Å². The topological polar surface area (TPSA) is 114 Å². The first kappa shape index (κ1) is 25.1. The predicted molar refractivity (Wildman–Crippen MR) is 128 cm³/mol. The fraction of sp³-hybridized carbons (Fsp3) is 0.348. The van der Waals surface area contributed by atoms with Gasteiger partial charge in [-0.1, -0.05) is 43.7 Å². The first-order valence-corrected chi connectivity index (χ1v) is 11.6. The molecule has 0 aliphatic heterocycles. The van der Waals surface area contributed by atoms with E-state index in [0.717, 1.165) is 30.5 Å². The fourth-order valence-electron chi connectivity index (χ4n) is 2.74. The van der Waals surface area contributed by atoms with Gasteiger partial charge >= 0.3 is 0 Å². The lowest BCUT2D eigenvalue weighted by Crippen LogP contribution is -2.47. The number of amides is 2. The molecule has 2 rings (SSSR count). The van der Waals surface area contributed by atoms with Crippen LogP contribution < -0.4 is 10.7 Å². The van der Waals surface area contributed by atoms with Crippen molar-refractivity contribution in [3.05, 3.63) is 75.8 Å². The second-order valence-electron chi connectivity index (χ2n) is 7.26. The molecule has 0 bridgehead atoms. The van der Waals surface area contributed by atoms with E-state index in [4.69, 9.17) is 0 Å². The lowest BCUT2D eigenvalue weighted by atomic mass is 10.2. The number of non-ortho nitro benzene ring substituents is 1. The number of nitro benzene ring substituents is 1. The van der Waals surface area contributed by atoms with E-state index in [-0.39, 0.29) is 11.3 Å². The summed E-state index contributed by atoms with van der Waals surface area (Å²) in [6.45, 7) is 3.93. The van der Waals surface area contributed by atoms with Gasteiger partial charge in [-0.25, -0.2) is 5.43 Å². The average molecular weight is 457 g/mol. The molecule has 8 nitrogen and oxygen atoms in total. The van der Waals surface area contributed by atoms with E-state index in [1.54, 1.807) is 0 Å². The number of nitro groups is 1. The fourth-order valence-corrected chi connectivity index (χ4v) is 3.76. The summed E-state index contributed by atoms with van der Waals surface area (Å²) in [6.07, 6.45) is 2.81. The SMILES string of the molecule is CCCCC(C)=NNC(=O)C(CSCc1ccccc1)NC(=O)c1ccc([N+](=O)[O-])cc1. The smallest absolute Gasteiger partial charge is 0.269 e. The summed E-state index contributed by atoms with van der Waals surface area (Å²) in [6, 6.07) is 14.3. The number of hydrazone groups is 1. The van der Waals surface area contributed by atoms with Gasteiger partial charge in [-0.15, -0.1) is 0 Å². The molecule has 1 atom stereocenters. The van der Waals surface area contributed by atoms with Gasteiger partial charge in [-0.2, -0.15) is 16.9 Å². The number of nitrogens with one attached hydrogen (secondary N) is 2. The Bertz CT molecular complexity index is 933. The van der Waals surface area contributed by atoms with E-state index in [1.165, 1.54) is 36.0 Å². The molecule has 9 heteroatoms. The Morgan fingerprint density at radius 3 is 2.44 bits per heavy atom. The Kier molecular flexibility index (Phi) is 10.4. The van der Waals surface area contributed by atoms with Gasteiger partial charge in [0.25, 0.3) is 17.5 Å². The standard InChI is InChI=1S/C23H28N4O4S/c1-3-4-8-17(2)25-26-23(29)21(16-32-15-18-9-6-5-7-10-18)24-22(28)19-11-13-20(14-12-19)27(30)31/h5-7,9-14,21H,3-4,8,15-16H2,1-2H3,(H,24,28)(H,26,29). The van der Waals surface area contributed by atoms with Crippen LogP contribution in [-0.2, 0) is 10.5 Å². The van der Waals surface area contributed by atoms with Crippen LogP contribution in [0.2, 0.25) is 0 Å². The normalized spacial score (nSPS) is 12.1. The number of nitrogens with zero attached hydrogens (tertiary/aromatic N) is 2. The predicted octanol–water partition coefficient (Wildman–Crippen LogP) is 4.31. The molecule has 2 aromatic rings. The second-order valence-corrected chi connectivity index (χ2v) is 8.29. The molecule has 0 radical (unpaired) electrons. The number of rotatable bonds is 12. The van der Waals surface area contributed by atoms with Gasteiger partial charge in [0.2, 0.25) is 0 Å². The van der Waals surface area contributed by atoms with Crippen LogP contribution >= 0.6 is 11.8 Å². The van der Waals surface area contributed by atoms with Crippen LogP contribution in [0.15, 0.2) is 59.7 Å². The van der Waals surface area contributed by atoms with Gasteiger partial charge in [0, 0.05) is 34.9 Å². The van der Waals surface area contributed by atoms with Crippen molar-refractivity contribution >= 4 is 35.0 Å². The average Bonchev–Trinajstić information content (AvgIpc) is 2.81. The molecule has 32 heavy (non-hydrogen) atoms. The molecule has 2 N–H and O–H groups in total. The summed E-state index contributed by atoms with van der Waals surface area (Å²) in [5.41, 5.74) is 4.62. The number of carbonyl (C=O) groups excluding carboxylic acids is 2. The summed E-state index contributed by atoms with van der Waals surface area (Å²) >= 11 is 1.52. The summed E-state index contributed by atoms with van der Waals surface area (Å²) in [4.78, 5) is 35.7. The van der Waals surface area contributed by atoms with Crippen molar-refractivity contribution in [3.63, 3.8) is 0 Å². The van der Waals surface area contributed by atoms with Crippen molar-refractivity contribution in [3.8, 4) is 0 Å². The number of unbranched alkanes of at least 4 members (excludes halogenated alkanes) is 1. The molecule has 0 fully saturated rings. The second kappa shape index (κ2) is 13.3. The molecule has 0 aromatic heterocycles. The number of benzene rings is 2. The third-order valence-corrected chi connectivity index (χ3v) is 5.71. The maximum Gasteiger partial charge on any atom is 0.269 e. The zero-order valence-corrected chi connectivity index (χ0v) is 19.1. The molecule has 0 saturated carbocycles. The number of carbonyl (C=O) groups is 2. The third kappa shape index (κ3) is 8.50. The minimum atomic E-state index is -0.811. The van der Waals surface area contributed by atoms with Gasteiger partial charge in [0.05, 0.1) is 4.92 Å². The van der Waals surface area contributed by atoms with Crippen molar-refractivity contribution in [2.75, 3.05) is 5.75 Å². The summed E-state index contributed by atoms with van der Waals surface area (Å²) < 4.78 is 0. The highest BCUT2D eigenvalue weighted by Gasteiger charge is 2.22. The largest absolute Gasteiger partial charge is 0.339 e. The highest BCUT2D eigenvalue weighted by Crippen LogP contribution is 2.15. The van der Waals surface area contributed by atoms with Crippen LogP contribution in [0.25, 0.3) is 0 Å². The van der Waals surface area contributed by atoms with Gasteiger partial charge in [0.1, 0.15) is 6.04 Å². The molecule has 0 spiro atoms. The Balaban J connectivity index is 2.04. The zero-order valence-electron chi connectivity index (χ0n) is 18.2. The molecule has 0 aliphatic carbocycles. The molecule has 0 aliphatic rings. The number of hydrogen-bond donors (Lipinski definition) is 2. The number of hydrogen-bond acceptors (Lipinski definition) is 6. The molecule has 0 saturated heterocycles. The van der Waals surface area contributed by atoms with Crippen molar-refractivity contribution in [1.82, 2.24) is 10.7 Å². The first-order valence-electron chi connectivity index (χ1n) is 10.4. The minimum Gasteiger partial charge on any atom is -0.339 e. The van der Waals surface area contributed by atoms with Crippen LogP contribution in [0, 0.1) is 10.1 Å². The van der Waals surface area contributed by atoms with Gasteiger partial charge in [-0.05, 0) is 37.5 Å². The molecular formula is C23H28N4O4S. The van der Waals surface area contributed by atoms with Crippen molar-refractivity contribution in [2.45, 2.75) is 44.9 Å². The van der Waals surface area contributed by atoms with Crippen LogP contribution in [0.5, 0.6) is 0 Å². The minimum absolute atomic E-state index is 0.105. The quantitative estimate of drug-likeness (QED) is 0.281. The summed E-state index contributed by atoms with van der Waals surface area (Å²) in [5, 5.41) is 17.7. The van der Waals surface area contributed by atoms with E-state index in [0.29, 0.717) is 11.5 Å². The maximum atomic E-state index is 12.7. The van der Waals surface area contributed by atoms with E-state index in [1.807, 2.05) is 37.3 Å². The lowest BCUT2D eigenvalue weighted by Gasteiger charge is -2.17. The maximum absolute atomic E-state index is 12.7. The Morgan fingerprint density at radius 2 is 1.81 bits per heavy atom. The third-order valence-electron chi connectivity index (χ3n) is 4.61. The number of thioether (sulfide) groups is 1. The lowest BCUT2D eigenvalue weighted by molar-refractivity contribution is -0.384. The zero-order chi connectivity index (χ0) is 23.3. The Hall–Kier alpha value is -3.20. The van der Waals surface area contributed by atoms with Gasteiger partial charge in [0.15, 0.2) is 0 Å². The van der Waals surface area contributed by atoms with E-state index in [9.17, 15) is 19.7 Å². The summed E-state index contributed by atoms with van der Waals surface area (Å²) in [7, 11) is 0. The van der Waals surface area contributed by atoms with Crippen LogP contribution in [0.4, 0.5) is 5.69 Å². The highest BCUT2D eigenvalue weighted by atomic mass is 32.2. The van der Waals surface area contributed by atoms with E-state index >= 15 is 0 Å². The molecule has 2 aromatic carbocycles. The van der Waals surface area contributed by atoms with Crippen LogP contribution in [-0.4, -0.2) is 34.2 Å². The summed E-state index contributed by atoms with van der Waals surface area (Å²) in [5.74, 6) is 0.156. The van der Waals surface area contributed by atoms with Gasteiger partial charge in [-0.3, -0.25) is 19.7 Å². The van der Waals surface area contributed by atoms with E-state index in [2.05, 4.69) is 22.8 Å². The highest BCUT2D eigenvalue weighted by molar-refractivity contribution is 7.98. The van der Waals surface area contributed by atoms with Gasteiger partial charge < -0.3 is 5.32 Å². The van der Waals surface area contributed by atoms with Crippen LogP contribution in [0.1, 0.15) is 49.0 Å². The first-order chi connectivity index (χ1) is 15.4. The van der Waals surface area contributed by atoms with E-state index < -0.39 is 22.8 Å².